The van der Waals surface area contributed by atoms with Crippen molar-refractivity contribution in [2.45, 2.75) is 59.5 Å². The summed E-state index contributed by atoms with van der Waals surface area (Å²) in [5, 5.41) is 3.84. The summed E-state index contributed by atoms with van der Waals surface area (Å²) in [6.45, 7) is 9.12. The van der Waals surface area contributed by atoms with Gasteiger partial charge in [0.25, 0.3) is 0 Å². The largest absolute Gasteiger partial charge is 0.463 e. The lowest BCUT2D eigenvalue weighted by atomic mass is 10.2. The average Bonchev–Trinajstić information content (AvgIpc) is 3.21. The van der Waals surface area contributed by atoms with Gasteiger partial charge in [0.05, 0.1) is 25.1 Å². The molecule has 4 heterocycles. The van der Waals surface area contributed by atoms with E-state index in [1.807, 2.05) is 12.1 Å². The SMILES string of the molecule is CCOC(=O)c1c(C)oc2nc(C)nc(NCc3ccc(CN4CCCCCC4)o3)c12. The predicted molar refractivity (Wildman–Crippen MR) is 117 cm³/mol. The number of likely N-dealkylation sites (tertiary alicyclic amines) is 1. The van der Waals surface area contributed by atoms with Crippen molar-refractivity contribution in [1.82, 2.24) is 14.9 Å². The van der Waals surface area contributed by atoms with Crippen molar-refractivity contribution in [3.63, 3.8) is 0 Å². The number of fused-ring (bicyclic) bond motifs is 1. The molecule has 0 spiro atoms. The van der Waals surface area contributed by atoms with Crippen LogP contribution in [0.4, 0.5) is 5.82 Å². The maximum atomic E-state index is 12.5. The van der Waals surface area contributed by atoms with E-state index >= 15 is 0 Å². The van der Waals surface area contributed by atoms with Gasteiger partial charge in [-0.3, -0.25) is 4.90 Å². The number of aromatic nitrogens is 2. The number of carbonyl (C=O) groups is 1. The minimum absolute atomic E-state index is 0.284. The van der Waals surface area contributed by atoms with Gasteiger partial charge in [-0.25, -0.2) is 9.78 Å². The van der Waals surface area contributed by atoms with Gasteiger partial charge < -0.3 is 18.9 Å². The summed E-state index contributed by atoms with van der Waals surface area (Å²) in [6, 6.07) is 4.02. The molecule has 0 radical (unpaired) electrons. The van der Waals surface area contributed by atoms with E-state index in [1.54, 1.807) is 20.8 Å². The molecule has 1 aliphatic heterocycles. The number of ether oxygens (including phenoxy) is 1. The highest BCUT2D eigenvalue weighted by atomic mass is 16.5. The van der Waals surface area contributed by atoms with Crippen molar-refractivity contribution < 1.29 is 18.4 Å². The zero-order valence-corrected chi connectivity index (χ0v) is 18.5. The number of rotatable bonds is 7. The molecule has 0 bridgehead atoms. The third-order valence-corrected chi connectivity index (χ3v) is 5.54. The first-order valence-electron chi connectivity index (χ1n) is 11.0. The quantitative estimate of drug-likeness (QED) is 0.548. The number of aryl methyl sites for hydroxylation is 2. The molecule has 166 valence electrons. The smallest absolute Gasteiger partial charge is 0.342 e. The molecule has 1 saturated heterocycles. The molecule has 0 unspecified atom stereocenters. The summed E-state index contributed by atoms with van der Waals surface area (Å²) in [5.74, 6) is 2.90. The van der Waals surface area contributed by atoms with Gasteiger partial charge in [0.2, 0.25) is 5.71 Å². The zero-order chi connectivity index (χ0) is 21.8. The monoisotopic (exact) mass is 426 g/mol. The van der Waals surface area contributed by atoms with Crippen LogP contribution in [0.15, 0.2) is 21.0 Å². The lowest BCUT2D eigenvalue weighted by Crippen LogP contribution is -2.23. The molecule has 0 aliphatic carbocycles. The maximum Gasteiger partial charge on any atom is 0.342 e. The van der Waals surface area contributed by atoms with E-state index in [0.717, 1.165) is 31.2 Å². The lowest BCUT2D eigenvalue weighted by molar-refractivity contribution is 0.0526. The van der Waals surface area contributed by atoms with Crippen molar-refractivity contribution in [1.29, 1.82) is 0 Å². The lowest BCUT2D eigenvalue weighted by Gasteiger charge is -2.17. The number of furan rings is 2. The molecular formula is C23H30N4O4. The van der Waals surface area contributed by atoms with Gasteiger partial charge >= 0.3 is 5.97 Å². The second-order valence-electron chi connectivity index (χ2n) is 7.97. The third kappa shape index (κ3) is 4.90. The van der Waals surface area contributed by atoms with Crippen molar-refractivity contribution in [3.8, 4) is 0 Å². The fourth-order valence-corrected chi connectivity index (χ4v) is 4.08. The molecule has 0 aromatic carbocycles. The molecule has 8 nitrogen and oxygen atoms in total. The number of hydrogen-bond donors (Lipinski definition) is 1. The molecule has 1 aliphatic rings. The van der Waals surface area contributed by atoms with E-state index in [1.165, 1.54) is 25.7 Å². The highest BCUT2D eigenvalue weighted by Crippen LogP contribution is 2.31. The van der Waals surface area contributed by atoms with Crippen LogP contribution in [-0.4, -0.2) is 40.5 Å². The molecule has 4 rings (SSSR count). The van der Waals surface area contributed by atoms with Crippen LogP contribution in [0.1, 0.15) is 66.1 Å². The van der Waals surface area contributed by atoms with E-state index in [9.17, 15) is 4.79 Å². The Hall–Kier alpha value is -2.87. The molecule has 3 aromatic heterocycles. The normalized spacial score (nSPS) is 15.2. The molecule has 0 saturated carbocycles. The Morgan fingerprint density at radius 2 is 1.84 bits per heavy atom. The fraction of sp³-hybridized carbons (Fsp3) is 0.522. The van der Waals surface area contributed by atoms with Crippen molar-refractivity contribution in [2.24, 2.45) is 0 Å². The minimum Gasteiger partial charge on any atom is -0.463 e. The van der Waals surface area contributed by atoms with Crippen LogP contribution in [0.5, 0.6) is 0 Å². The van der Waals surface area contributed by atoms with Gasteiger partial charge in [-0.15, -0.1) is 0 Å². The molecule has 1 N–H and O–H groups in total. The van der Waals surface area contributed by atoms with Crippen LogP contribution in [0.25, 0.3) is 11.1 Å². The maximum absolute atomic E-state index is 12.5. The Bertz CT molecular complexity index is 1050. The zero-order valence-electron chi connectivity index (χ0n) is 18.5. The topological polar surface area (TPSA) is 93.6 Å². The van der Waals surface area contributed by atoms with Gasteiger partial charge in [-0.05, 0) is 58.8 Å². The molecular weight excluding hydrogens is 396 g/mol. The number of anilines is 1. The number of carbonyl (C=O) groups excluding carboxylic acids is 1. The van der Waals surface area contributed by atoms with Crippen molar-refractivity contribution in [2.75, 3.05) is 25.0 Å². The Kier molecular flexibility index (Phi) is 6.56. The van der Waals surface area contributed by atoms with Crippen LogP contribution in [0.2, 0.25) is 0 Å². The van der Waals surface area contributed by atoms with Gasteiger partial charge in [0.1, 0.15) is 34.5 Å². The van der Waals surface area contributed by atoms with Gasteiger partial charge in [0, 0.05) is 0 Å². The van der Waals surface area contributed by atoms with E-state index in [4.69, 9.17) is 13.6 Å². The molecule has 0 amide bonds. The van der Waals surface area contributed by atoms with Crippen LogP contribution in [-0.2, 0) is 17.8 Å². The number of nitrogens with one attached hydrogen (secondary N) is 1. The van der Waals surface area contributed by atoms with Crippen LogP contribution in [0.3, 0.4) is 0 Å². The summed E-state index contributed by atoms with van der Waals surface area (Å²) in [5.41, 5.74) is 0.734. The number of hydrogen-bond acceptors (Lipinski definition) is 8. The Morgan fingerprint density at radius 3 is 2.58 bits per heavy atom. The number of nitrogens with zero attached hydrogens (tertiary/aromatic N) is 3. The summed E-state index contributed by atoms with van der Waals surface area (Å²) in [4.78, 5) is 23.8. The van der Waals surface area contributed by atoms with E-state index in [2.05, 4.69) is 20.2 Å². The van der Waals surface area contributed by atoms with E-state index < -0.39 is 5.97 Å². The van der Waals surface area contributed by atoms with E-state index in [-0.39, 0.29) is 6.61 Å². The molecule has 1 fully saturated rings. The van der Waals surface area contributed by atoms with Crippen LogP contribution >= 0.6 is 0 Å². The number of esters is 1. The second-order valence-corrected chi connectivity index (χ2v) is 7.97. The van der Waals surface area contributed by atoms with Crippen LogP contribution < -0.4 is 5.32 Å². The third-order valence-electron chi connectivity index (χ3n) is 5.54. The van der Waals surface area contributed by atoms with Crippen molar-refractivity contribution >= 4 is 22.9 Å². The van der Waals surface area contributed by atoms with Crippen molar-refractivity contribution in [3.05, 3.63) is 40.8 Å². The standard InChI is InChI=1S/C23H30N4O4/c1-4-29-23(28)19-15(2)30-22-20(19)21(25-16(3)26-22)24-13-17-9-10-18(31-17)14-27-11-7-5-6-8-12-27/h9-10H,4-8,11-14H2,1-3H3,(H,24,25,26). The highest BCUT2D eigenvalue weighted by molar-refractivity contribution is 6.07. The molecule has 31 heavy (non-hydrogen) atoms. The first kappa shape index (κ1) is 21.4. The summed E-state index contributed by atoms with van der Waals surface area (Å²) in [6.07, 6.45) is 5.14. The van der Waals surface area contributed by atoms with E-state index in [0.29, 0.717) is 40.6 Å². The first-order chi connectivity index (χ1) is 15.0. The average molecular weight is 427 g/mol. The predicted octanol–water partition coefficient (Wildman–Crippen LogP) is 4.60. The second kappa shape index (κ2) is 9.51. The molecule has 3 aromatic rings. The van der Waals surface area contributed by atoms with Crippen LogP contribution in [0, 0.1) is 13.8 Å². The fourth-order valence-electron chi connectivity index (χ4n) is 4.08. The summed E-state index contributed by atoms with van der Waals surface area (Å²) >= 11 is 0. The minimum atomic E-state index is -0.438. The Labute approximate surface area is 182 Å². The first-order valence-corrected chi connectivity index (χ1v) is 11.0. The molecule has 8 heteroatoms. The van der Waals surface area contributed by atoms with Gasteiger partial charge in [-0.1, -0.05) is 12.8 Å². The summed E-state index contributed by atoms with van der Waals surface area (Å²) in [7, 11) is 0. The summed E-state index contributed by atoms with van der Waals surface area (Å²) < 4.78 is 17.0. The Morgan fingerprint density at radius 1 is 1.10 bits per heavy atom. The Balaban J connectivity index is 1.51. The van der Waals surface area contributed by atoms with Gasteiger partial charge in [0.15, 0.2) is 0 Å². The molecule has 0 atom stereocenters. The highest BCUT2D eigenvalue weighted by Gasteiger charge is 2.24. The van der Waals surface area contributed by atoms with Gasteiger partial charge in [-0.2, -0.15) is 4.98 Å².